The molecule has 2 heterocycles. The van der Waals surface area contributed by atoms with Crippen molar-refractivity contribution in [1.82, 2.24) is 19.8 Å². The van der Waals surface area contributed by atoms with Crippen LogP contribution in [0.5, 0.6) is 0 Å². The van der Waals surface area contributed by atoms with Gasteiger partial charge in [-0.1, -0.05) is 32.9 Å². The molecule has 2 N–H and O–H groups in total. The molecule has 0 bridgehead atoms. The number of aryl methyl sites for hydroxylation is 2. The molecule has 1 saturated heterocycles. The molecule has 1 aromatic heterocycles. The van der Waals surface area contributed by atoms with E-state index in [0.717, 1.165) is 44.1 Å². The van der Waals surface area contributed by atoms with Gasteiger partial charge in [-0.05, 0) is 102 Å². The number of rotatable bonds is 5. The number of hydrogen-bond acceptors (Lipinski definition) is 4. The maximum Gasteiger partial charge on any atom is 0.261 e. The summed E-state index contributed by atoms with van der Waals surface area (Å²) in [5, 5.41) is 7.82. The zero-order chi connectivity index (χ0) is 27.6. The summed E-state index contributed by atoms with van der Waals surface area (Å²) in [6, 6.07) is 15.0. The molecule has 0 unspecified atom stereocenters. The fourth-order valence-electron chi connectivity index (χ4n) is 6.02. The van der Waals surface area contributed by atoms with Crippen molar-refractivity contribution < 1.29 is 0 Å². The third-order valence-electron chi connectivity index (χ3n) is 8.24. The Kier molecular flexibility index (Phi) is 8.61. The average Bonchev–Trinajstić information content (AvgIpc) is 2.90. The minimum Gasteiger partial charge on any atom is -0.340 e. The lowest BCUT2D eigenvalue weighted by atomic mass is 9.71. The van der Waals surface area contributed by atoms with Gasteiger partial charge in [-0.25, -0.2) is 9.98 Å². The smallest absolute Gasteiger partial charge is 0.261 e. The molecule has 2 fully saturated rings. The summed E-state index contributed by atoms with van der Waals surface area (Å²) in [5.41, 5.74) is 3.22. The summed E-state index contributed by atoms with van der Waals surface area (Å²) in [4.78, 5) is 25.6. The first-order chi connectivity index (χ1) is 18.7. The van der Waals surface area contributed by atoms with Crippen LogP contribution in [0.15, 0.2) is 58.6 Å². The predicted molar refractivity (Wildman–Crippen MR) is 170 cm³/mol. The topological polar surface area (TPSA) is 74.5 Å². The molecule has 2 aromatic carbocycles. The number of nitrogens with one attached hydrogen (secondary N) is 2. The summed E-state index contributed by atoms with van der Waals surface area (Å²) in [6.45, 7) is 12.7. The Morgan fingerprint density at radius 1 is 1.21 bits per heavy atom. The molecule has 208 valence electrons. The van der Waals surface area contributed by atoms with Crippen LogP contribution in [-0.2, 0) is 13.0 Å². The van der Waals surface area contributed by atoms with E-state index >= 15 is 0 Å². The zero-order valence-electron chi connectivity index (χ0n) is 23.6. The molecule has 0 radical (unpaired) electrons. The average molecular weight is 641 g/mol. The van der Waals surface area contributed by atoms with Gasteiger partial charge in [0.1, 0.15) is 0 Å². The molecule has 3 aromatic rings. The molecule has 1 aliphatic heterocycles. The fourth-order valence-corrected chi connectivity index (χ4v) is 6.38. The van der Waals surface area contributed by atoms with Gasteiger partial charge in [0.15, 0.2) is 5.96 Å². The van der Waals surface area contributed by atoms with Crippen LogP contribution in [0, 0.1) is 14.9 Å². The Labute approximate surface area is 245 Å². The van der Waals surface area contributed by atoms with Gasteiger partial charge in [0.05, 0.1) is 23.3 Å². The van der Waals surface area contributed by atoms with Gasteiger partial charge in [0, 0.05) is 41.5 Å². The second-order valence-electron chi connectivity index (χ2n) is 12.2. The molecule has 2 aliphatic rings. The van der Waals surface area contributed by atoms with Gasteiger partial charge in [0.25, 0.3) is 5.56 Å². The quantitative estimate of drug-likeness (QED) is 0.218. The highest BCUT2D eigenvalue weighted by molar-refractivity contribution is 14.1. The van der Waals surface area contributed by atoms with Crippen LogP contribution in [-0.4, -0.2) is 52.1 Å². The van der Waals surface area contributed by atoms with E-state index in [1.165, 1.54) is 22.0 Å². The summed E-state index contributed by atoms with van der Waals surface area (Å²) in [5.74, 6) is 1.48. The second-order valence-corrected chi connectivity index (χ2v) is 13.4. The van der Waals surface area contributed by atoms with E-state index in [9.17, 15) is 4.79 Å². The Balaban J connectivity index is 1.37. The van der Waals surface area contributed by atoms with Crippen molar-refractivity contribution in [2.24, 2.45) is 16.3 Å². The van der Waals surface area contributed by atoms with Crippen molar-refractivity contribution in [3.63, 3.8) is 0 Å². The van der Waals surface area contributed by atoms with Crippen LogP contribution in [0.1, 0.15) is 52.5 Å². The molecule has 3 atom stereocenters. The van der Waals surface area contributed by atoms with E-state index in [2.05, 4.69) is 95.1 Å². The van der Waals surface area contributed by atoms with Crippen molar-refractivity contribution in [2.45, 2.75) is 72.0 Å². The van der Waals surface area contributed by atoms with Gasteiger partial charge in [-0.3, -0.25) is 9.36 Å². The molecule has 5 rings (SSSR count). The molecule has 39 heavy (non-hydrogen) atoms. The predicted octanol–water partition coefficient (Wildman–Crippen LogP) is 5.52. The number of halogens is 1. The van der Waals surface area contributed by atoms with Crippen LogP contribution >= 0.6 is 22.6 Å². The molecular formula is C31H41IN6O. The van der Waals surface area contributed by atoms with E-state index < -0.39 is 0 Å². The van der Waals surface area contributed by atoms with Crippen LogP contribution in [0.25, 0.3) is 10.9 Å². The molecule has 7 nitrogen and oxygen atoms in total. The normalized spacial score (nSPS) is 23.7. The van der Waals surface area contributed by atoms with E-state index in [-0.39, 0.29) is 5.56 Å². The Morgan fingerprint density at radius 2 is 2.00 bits per heavy atom. The van der Waals surface area contributed by atoms with Crippen LogP contribution in [0.3, 0.4) is 0 Å². The van der Waals surface area contributed by atoms with Gasteiger partial charge in [0.2, 0.25) is 0 Å². The van der Waals surface area contributed by atoms with Crippen molar-refractivity contribution in [2.75, 3.05) is 25.0 Å². The highest BCUT2D eigenvalue weighted by atomic mass is 127. The zero-order valence-corrected chi connectivity index (χ0v) is 25.7. The molecular weight excluding hydrogens is 599 g/mol. The van der Waals surface area contributed by atoms with E-state index in [4.69, 9.17) is 4.99 Å². The lowest BCUT2D eigenvalue weighted by molar-refractivity contribution is 0.168. The van der Waals surface area contributed by atoms with Gasteiger partial charge < -0.3 is 15.5 Å². The minimum absolute atomic E-state index is 0.000488. The third kappa shape index (κ3) is 7.01. The monoisotopic (exact) mass is 640 g/mol. The number of piperazine rings is 1. The molecule has 1 saturated carbocycles. The first-order valence-corrected chi connectivity index (χ1v) is 15.3. The first-order valence-electron chi connectivity index (χ1n) is 14.2. The van der Waals surface area contributed by atoms with Crippen molar-refractivity contribution in [3.05, 3.63) is 68.3 Å². The number of nitrogens with zero attached hydrogens (tertiary/aromatic N) is 4. The molecule has 0 spiro atoms. The van der Waals surface area contributed by atoms with Crippen LogP contribution < -0.4 is 16.2 Å². The number of guanidine groups is 1. The maximum atomic E-state index is 13.2. The summed E-state index contributed by atoms with van der Waals surface area (Å²) < 4.78 is 2.93. The fraction of sp³-hybridized carbons (Fsp3) is 0.516. The van der Waals surface area contributed by atoms with Crippen LogP contribution in [0.4, 0.5) is 5.69 Å². The Hall–Kier alpha value is -2.46. The lowest BCUT2D eigenvalue weighted by Gasteiger charge is -2.39. The number of aliphatic imine (C=N–C) groups is 1. The van der Waals surface area contributed by atoms with Crippen molar-refractivity contribution >= 4 is 45.1 Å². The van der Waals surface area contributed by atoms with Gasteiger partial charge >= 0.3 is 0 Å². The molecule has 0 amide bonds. The first kappa shape index (κ1) is 28.1. The van der Waals surface area contributed by atoms with E-state index in [1.807, 2.05) is 18.2 Å². The number of benzene rings is 2. The maximum absolute atomic E-state index is 13.2. The highest BCUT2D eigenvalue weighted by Gasteiger charge is 2.33. The minimum atomic E-state index is 0.000488. The molecule has 1 aliphatic carbocycles. The van der Waals surface area contributed by atoms with Gasteiger partial charge in [-0.2, -0.15) is 0 Å². The van der Waals surface area contributed by atoms with Crippen molar-refractivity contribution in [3.8, 4) is 0 Å². The van der Waals surface area contributed by atoms with Gasteiger partial charge in [-0.15, -0.1) is 0 Å². The number of hydrogen-bond donors (Lipinski definition) is 2. The number of aromatic nitrogens is 2. The number of anilines is 1. The SMILES string of the molecule is C[C@H]1CN(/C(=N\[C@H]2CCC(C)(C)C[C@@H]2C)Nc2ccc3c(=O)n(CCc4ccc(I)cc4)cnc3c2)CCN1. The summed E-state index contributed by atoms with van der Waals surface area (Å²) >= 11 is 2.31. The third-order valence-corrected chi connectivity index (χ3v) is 8.96. The number of fused-ring (bicyclic) bond motifs is 1. The summed E-state index contributed by atoms with van der Waals surface area (Å²) in [7, 11) is 0. The summed E-state index contributed by atoms with van der Waals surface area (Å²) in [6.07, 6.45) is 5.99. The standard InChI is InChI=1S/C31H41IN6O/c1-21-18-31(3,4)13-11-27(21)36-30(37-16-14-33-22(2)19-37)35-25-9-10-26-28(17-25)34-20-38(29(26)39)15-12-23-5-7-24(32)8-6-23/h5-10,17,20-22,27,33H,11-16,18-19H2,1-4H3,(H,35,36)/t21-,22-,27-/m0/s1. The molecule has 8 heteroatoms. The Bertz CT molecular complexity index is 1380. The van der Waals surface area contributed by atoms with E-state index in [1.54, 1.807) is 10.9 Å². The van der Waals surface area contributed by atoms with Crippen LogP contribution in [0.2, 0.25) is 0 Å². The highest BCUT2D eigenvalue weighted by Crippen LogP contribution is 2.39. The largest absolute Gasteiger partial charge is 0.340 e. The second kappa shape index (κ2) is 12.0. The van der Waals surface area contributed by atoms with E-state index in [0.29, 0.717) is 40.9 Å². The Morgan fingerprint density at radius 3 is 2.74 bits per heavy atom. The van der Waals surface area contributed by atoms with Crippen molar-refractivity contribution in [1.29, 1.82) is 0 Å². The lowest BCUT2D eigenvalue weighted by Crippen LogP contribution is -2.53.